The zero-order valence-electron chi connectivity index (χ0n) is 17.5. The average Bonchev–Trinajstić information content (AvgIpc) is 3.17. The zero-order chi connectivity index (χ0) is 21.3. The largest absolute Gasteiger partial charge is 0.372 e. The van der Waals surface area contributed by atoms with Crippen LogP contribution in [0.1, 0.15) is 42.0 Å². The minimum atomic E-state index is -0.170. The van der Waals surface area contributed by atoms with Gasteiger partial charge in [-0.15, -0.1) is 0 Å². The number of nitrogens with zero attached hydrogens (tertiary/aromatic N) is 1. The molecule has 0 saturated carbocycles. The molecule has 156 valence electrons. The highest BCUT2D eigenvalue weighted by Gasteiger charge is 2.22. The predicted molar refractivity (Wildman–Crippen MR) is 126 cm³/mol. The van der Waals surface area contributed by atoms with E-state index in [1.807, 2.05) is 18.3 Å². The molecule has 30 heavy (non-hydrogen) atoms. The molecule has 4 rings (SSSR count). The van der Waals surface area contributed by atoms with Gasteiger partial charge in [0.15, 0.2) is 0 Å². The summed E-state index contributed by atoms with van der Waals surface area (Å²) in [5.41, 5.74) is 6.81. The van der Waals surface area contributed by atoms with Gasteiger partial charge in [0.1, 0.15) is 5.82 Å². The number of aromatic nitrogens is 1. The summed E-state index contributed by atoms with van der Waals surface area (Å²) in [7, 11) is 0. The lowest BCUT2D eigenvalue weighted by Gasteiger charge is -2.35. The van der Waals surface area contributed by atoms with Crippen LogP contribution in [0.4, 0.5) is 4.39 Å². The highest BCUT2D eigenvalue weighted by Crippen LogP contribution is 2.34. The van der Waals surface area contributed by atoms with Crippen LogP contribution < -0.4 is 0 Å². The van der Waals surface area contributed by atoms with Crippen molar-refractivity contribution < 1.29 is 4.39 Å². The first-order valence-corrected chi connectivity index (χ1v) is 11.0. The van der Waals surface area contributed by atoms with E-state index in [4.69, 9.17) is 11.6 Å². The van der Waals surface area contributed by atoms with Crippen molar-refractivity contribution in [2.45, 2.75) is 32.6 Å². The second-order valence-corrected chi connectivity index (χ2v) is 8.68. The monoisotopic (exact) mass is 422 g/mol. The Morgan fingerprint density at radius 3 is 2.47 bits per heavy atom. The second kappa shape index (κ2) is 8.69. The smallest absolute Gasteiger partial charge is 0.123 e. The van der Waals surface area contributed by atoms with Crippen molar-refractivity contribution in [2.24, 2.45) is 5.92 Å². The van der Waals surface area contributed by atoms with Gasteiger partial charge in [-0.05, 0) is 67.0 Å². The van der Waals surface area contributed by atoms with Gasteiger partial charge in [0, 0.05) is 52.0 Å². The van der Waals surface area contributed by atoms with Gasteiger partial charge in [0.2, 0.25) is 0 Å². The molecule has 0 atom stereocenters. The topological polar surface area (TPSA) is 19.0 Å². The average molecular weight is 423 g/mol. The first-order chi connectivity index (χ1) is 14.5. The number of H-pyrrole nitrogens is 1. The normalized spacial score (nSPS) is 15.0. The number of aryl methyl sites for hydroxylation is 1. The molecule has 2 heterocycles. The fraction of sp³-hybridized carbons (Fsp3) is 0.308. The molecule has 0 amide bonds. The summed E-state index contributed by atoms with van der Waals surface area (Å²) in [6.45, 7) is 12.5. The zero-order valence-corrected chi connectivity index (χ0v) is 18.2. The van der Waals surface area contributed by atoms with E-state index in [0.717, 1.165) is 60.9 Å². The Morgan fingerprint density at radius 1 is 1.13 bits per heavy atom. The Labute approximate surface area is 183 Å². The van der Waals surface area contributed by atoms with Gasteiger partial charge in [-0.25, -0.2) is 4.39 Å². The van der Waals surface area contributed by atoms with E-state index in [9.17, 15) is 4.39 Å². The Hall–Kier alpha value is -2.52. The molecular formula is C26H28ClFN2. The molecule has 0 aliphatic carbocycles. The molecule has 1 fully saturated rings. The molecule has 1 aromatic heterocycles. The molecule has 4 heteroatoms. The number of hydrogen-bond donors (Lipinski definition) is 1. The van der Waals surface area contributed by atoms with Gasteiger partial charge in [0.05, 0.1) is 0 Å². The third-order valence-corrected chi connectivity index (χ3v) is 6.53. The first-order valence-electron chi connectivity index (χ1n) is 10.6. The minimum Gasteiger partial charge on any atom is -0.372 e. The number of hydrogen-bond acceptors (Lipinski definition) is 1. The Balaban J connectivity index is 1.49. The van der Waals surface area contributed by atoms with Gasteiger partial charge < -0.3 is 9.88 Å². The van der Waals surface area contributed by atoms with Crippen molar-refractivity contribution in [2.75, 3.05) is 13.1 Å². The van der Waals surface area contributed by atoms with E-state index in [-0.39, 0.29) is 5.82 Å². The molecule has 1 aliphatic heterocycles. The van der Waals surface area contributed by atoms with Crippen LogP contribution in [-0.2, 0) is 12.8 Å². The fourth-order valence-electron chi connectivity index (χ4n) is 4.53. The summed E-state index contributed by atoms with van der Waals surface area (Å²) < 4.78 is 13.1. The standard InChI is InChI=1S/C26H28ClFN2/c1-4-21-14-26-24(25(16-29-26)17(2)27)15-23(21)18(3)30-11-9-20(10-12-30)13-19-5-7-22(28)8-6-19/h5-8,14-16,20,29H,2-4,9-13H2,1H3. The Bertz CT molecular complexity index is 1070. The first kappa shape index (κ1) is 20.7. The summed E-state index contributed by atoms with van der Waals surface area (Å²) in [4.78, 5) is 5.72. The van der Waals surface area contributed by atoms with Gasteiger partial charge in [-0.2, -0.15) is 0 Å². The molecule has 1 saturated heterocycles. The maximum atomic E-state index is 13.1. The maximum absolute atomic E-state index is 13.1. The van der Waals surface area contributed by atoms with Crippen LogP contribution in [-0.4, -0.2) is 23.0 Å². The quantitative estimate of drug-likeness (QED) is 0.452. The lowest BCUT2D eigenvalue weighted by atomic mass is 9.89. The summed E-state index contributed by atoms with van der Waals surface area (Å²) in [6.07, 6.45) is 6.12. The van der Waals surface area contributed by atoms with E-state index in [0.29, 0.717) is 11.0 Å². The van der Waals surface area contributed by atoms with Gasteiger partial charge in [-0.1, -0.05) is 43.8 Å². The van der Waals surface area contributed by atoms with Crippen molar-refractivity contribution >= 4 is 33.2 Å². The third-order valence-electron chi connectivity index (χ3n) is 6.32. The number of aromatic amines is 1. The van der Waals surface area contributed by atoms with Crippen LogP contribution in [0.2, 0.25) is 0 Å². The van der Waals surface area contributed by atoms with Gasteiger partial charge in [-0.3, -0.25) is 0 Å². The van der Waals surface area contributed by atoms with Crippen molar-refractivity contribution in [1.82, 2.24) is 9.88 Å². The number of rotatable bonds is 6. The lowest BCUT2D eigenvalue weighted by Crippen LogP contribution is -2.33. The van der Waals surface area contributed by atoms with E-state index < -0.39 is 0 Å². The number of piperidine rings is 1. The number of halogens is 2. The van der Waals surface area contributed by atoms with Crippen LogP contribution in [0.25, 0.3) is 21.6 Å². The van der Waals surface area contributed by atoms with Crippen molar-refractivity contribution in [1.29, 1.82) is 0 Å². The van der Waals surface area contributed by atoms with E-state index in [1.165, 1.54) is 16.7 Å². The SMILES string of the molecule is C=C(Cl)c1c[nH]c2cc(CC)c(C(=C)N3CCC(Cc4ccc(F)cc4)CC3)cc12. The second-order valence-electron chi connectivity index (χ2n) is 8.22. The lowest BCUT2D eigenvalue weighted by molar-refractivity contribution is 0.254. The van der Waals surface area contributed by atoms with Crippen molar-refractivity contribution in [3.05, 3.63) is 83.8 Å². The maximum Gasteiger partial charge on any atom is 0.123 e. The number of nitrogens with one attached hydrogen (secondary N) is 1. The molecule has 2 aromatic carbocycles. The minimum absolute atomic E-state index is 0.170. The van der Waals surface area contributed by atoms with E-state index in [2.05, 4.69) is 42.1 Å². The van der Waals surface area contributed by atoms with Crippen LogP contribution in [0.15, 0.2) is 55.8 Å². The number of likely N-dealkylation sites (tertiary alicyclic amines) is 1. The van der Waals surface area contributed by atoms with Gasteiger partial charge in [0.25, 0.3) is 0 Å². The predicted octanol–water partition coefficient (Wildman–Crippen LogP) is 7.00. The van der Waals surface area contributed by atoms with Crippen LogP contribution >= 0.6 is 11.6 Å². The summed E-state index contributed by atoms with van der Waals surface area (Å²) >= 11 is 6.20. The molecular weight excluding hydrogens is 395 g/mol. The number of fused-ring (bicyclic) bond motifs is 1. The van der Waals surface area contributed by atoms with Crippen molar-refractivity contribution in [3.8, 4) is 0 Å². The highest BCUT2D eigenvalue weighted by atomic mass is 35.5. The van der Waals surface area contributed by atoms with E-state index in [1.54, 1.807) is 12.1 Å². The van der Waals surface area contributed by atoms with Crippen LogP contribution in [0, 0.1) is 11.7 Å². The van der Waals surface area contributed by atoms with E-state index >= 15 is 0 Å². The summed E-state index contributed by atoms with van der Waals surface area (Å²) in [5.74, 6) is 0.459. The molecule has 3 aromatic rings. The Kier molecular flexibility index (Phi) is 6.01. The molecule has 0 spiro atoms. The molecule has 2 nitrogen and oxygen atoms in total. The highest BCUT2D eigenvalue weighted by molar-refractivity contribution is 6.49. The molecule has 1 aliphatic rings. The summed E-state index contributed by atoms with van der Waals surface area (Å²) in [6, 6.07) is 11.3. The Morgan fingerprint density at radius 2 is 1.83 bits per heavy atom. The molecule has 0 unspecified atom stereocenters. The van der Waals surface area contributed by atoms with Crippen LogP contribution in [0.3, 0.4) is 0 Å². The number of benzene rings is 2. The third kappa shape index (κ3) is 4.17. The van der Waals surface area contributed by atoms with Crippen molar-refractivity contribution in [3.63, 3.8) is 0 Å². The fourth-order valence-corrected chi connectivity index (χ4v) is 4.69. The molecule has 0 radical (unpaired) electrons. The van der Waals surface area contributed by atoms with Crippen LogP contribution in [0.5, 0.6) is 0 Å². The van der Waals surface area contributed by atoms with Gasteiger partial charge >= 0.3 is 0 Å². The summed E-state index contributed by atoms with van der Waals surface area (Å²) in [5, 5.41) is 1.64. The molecule has 1 N–H and O–H groups in total. The molecule has 0 bridgehead atoms.